The molecular formula is C11H12F2O2. The molecule has 1 aliphatic carbocycles. The van der Waals surface area contributed by atoms with Gasteiger partial charge in [0.05, 0.1) is 6.61 Å². The van der Waals surface area contributed by atoms with E-state index in [0.29, 0.717) is 5.92 Å². The molecule has 1 fully saturated rings. The van der Waals surface area contributed by atoms with Gasteiger partial charge in [0.15, 0.2) is 0 Å². The molecule has 0 saturated heterocycles. The van der Waals surface area contributed by atoms with Gasteiger partial charge in [-0.2, -0.15) is 8.78 Å². The van der Waals surface area contributed by atoms with Crippen molar-refractivity contribution in [3.05, 3.63) is 29.3 Å². The highest BCUT2D eigenvalue weighted by molar-refractivity contribution is 5.41. The van der Waals surface area contributed by atoms with E-state index in [1.54, 1.807) is 12.1 Å². The smallest absolute Gasteiger partial charge is 0.387 e. The molecule has 0 heterocycles. The summed E-state index contributed by atoms with van der Waals surface area (Å²) in [4.78, 5) is 0. The van der Waals surface area contributed by atoms with Gasteiger partial charge in [-0.15, -0.1) is 0 Å². The Kier molecular flexibility index (Phi) is 2.86. The maximum Gasteiger partial charge on any atom is 0.387 e. The lowest BCUT2D eigenvalue weighted by Gasteiger charge is -2.11. The van der Waals surface area contributed by atoms with Crippen molar-refractivity contribution >= 4 is 0 Å². The maximum absolute atomic E-state index is 12.1. The minimum absolute atomic E-state index is 0.0747. The van der Waals surface area contributed by atoms with Crippen LogP contribution in [0.2, 0.25) is 0 Å². The normalized spacial score (nSPS) is 15.7. The molecule has 82 valence electrons. The number of hydrogen-bond acceptors (Lipinski definition) is 2. The number of aliphatic hydroxyl groups excluding tert-OH is 1. The van der Waals surface area contributed by atoms with E-state index in [4.69, 9.17) is 5.11 Å². The van der Waals surface area contributed by atoms with Crippen LogP contribution >= 0.6 is 0 Å². The Morgan fingerprint density at radius 3 is 2.67 bits per heavy atom. The lowest BCUT2D eigenvalue weighted by atomic mass is 10.1. The lowest BCUT2D eigenvalue weighted by Crippen LogP contribution is -2.04. The summed E-state index contributed by atoms with van der Waals surface area (Å²) in [5.41, 5.74) is 1.53. The van der Waals surface area contributed by atoms with E-state index in [1.165, 1.54) is 6.07 Å². The average Bonchev–Trinajstić information content (AvgIpc) is 3.01. The topological polar surface area (TPSA) is 29.5 Å². The summed E-state index contributed by atoms with van der Waals surface area (Å²) in [5.74, 6) is 0.565. The fraction of sp³-hybridized carbons (Fsp3) is 0.455. The van der Waals surface area contributed by atoms with Gasteiger partial charge in [0.25, 0.3) is 0 Å². The highest BCUT2D eigenvalue weighted by Crippen LogP contribution is 2.44. The van der Waals surface area contributed by atoms with Crippen molar-refractivity contribution in [1.82, 2.24) is 0 Å². The summed E-state index contributed by atoms with van der Waals surface area (Å²) < 4.78 is 28.6. The molecule has 1 aromatic carbocycles. The molecule has 15 heavy (non-hydrogen) atoms. The van der Waals surface area contributed by atoms with Gasteiger partial charge in [0.1, 0.15) is 5.75 Å². The van der Waals surface area contributed by atoms with Crippen LogP contribution in [0.15, 0.2) is 18.2 Å². The molecule has 2 nitrogen and oxygen atoms in total. The Balaban J connectivity index is 2.27. The Bertz CT molecular complexity index is 348. The molecule has 0 atom stereocenters. The second kappa shape index (κ2) is 4.14. The van der Waals surface area contributed by atoms with Gasteiger partial charge in [0.2, 0.25) is 0 Å². The van der Waals surface area contributed by atoms with Crippen LogP contribution in [-0.2, 0) is 6.61 Å². The van der Waals surface area contributed by atoms with Gasteiger partial charge in [-0.05, 0) is 42.0 Å². The van der Waals surface area contributed by atoms with Crippen LogP contribution in [0.3, 0.4) is 0 Å². The van der Waals surface area contributed by atoms with Crippen molar-refractivity contribution in [3.8, 4) is 5.75 Å². The van der Waals surface area contributed by atoms with Gasteiger partial charge < -0.3 is 9.84 Å². The van der Waals surface area contributed by atoms with Gasteiger partial charge >= 0.3 is 6.61 Å². The van der Waals surface area contributed by atoms with E-state index in [1.807, 2.05) is 0 Å². The Labute approximate surface area is 86.5 Å². The monoisotopic (exact) mass is 214 g/mol. The average molecular weight is 214 g/mol. The molecule has 1 aromatic rings. The predicted molar refractivity (Wildman–Crippen MR) is 51.0 cm³/mol. The van der Waals surface area contributed by atoms with E-state index < -0.39 is 6.61 Å². The molecule has 4 heteroatoms. The van der Waals surface area contributed by atoms with Crippen LogP contribution in [-0.4, -0.2) is 11.7 Å². The van der Waals surface area contributed by atoms with E-state index in [-0.39, 0.29) is 12.4 Å². The maximum atomic E-state index is 12.1. The number of ether oxygens (including phenoxy) is 1. The van der Waals surface area contributed by atoms with Gasteiger partial charge in [-0.3, -0.25) is 0 Å². The zero-order valence-corrected chi connectivity index (χ0v) is 8.12. The van der Waals surface area contributed by atoms with E-state index in [9.17, 15) is 8.78 Å². The molecule has 1 saturated carbocycles. The summed E-state index contributed by atoms with van der Waals surface area (Å²) in [6, 6.07) is 4.85. The number of halogens is 2. The van der Waals surface area contributed by atoms with E-state index >= 15 is 0 Å². The fourth-order valence-corrected chi connectivity index (χ4v) is 1.61. The predicted octanol–water partition coefficient (Wildman–Crippen LogP) is 2.66. The summed E-state index contributed by atoms with van der Waals surface area (Å²) in [5, 5.41) is 8.95. The SMILES string of the molecule is OCc1ccc(OC(F)F)c(C2CC2)c1. The van der Waals surface area contributed by atoms with Crippen LogP contribution in [0.1, 0.15) is 29.9 Å². The molecule has 0 bridgehead atoms. The molecule has 0 spiro atoms. The molecule has 2 rings (SSSR count). The van der Waals surface area contributed by atoms with Crippen LogP contribution in [0.4, 0.5) is 8.78 Å². The largest absolute Gasteiger partial charge is 0.435 e. The van der Waals surface area contributed by atoms with Crippen LogP contribution < -0.4 is 4.74 Å². The number of benzene rings is 1. The van der Waals surface area contributed by atoms with Gasteiger partial charge in [0, 0.05) is 0 Å². The number of alkyl halides is 2. The summed E-state index contributed by atoms with van der Waals surface area (Å²) in [7, 11) is 0. The fourth-order valence-electron chi connectivity index (χ4n) is 1.61. The summed E-state index contributed by atoms with van der Waals surface area (Å²) >= 11 is 0. The molecule has 1 N–H and O–H groups in total. The van der Waals surface area contributed by atoms with Crippen molar-refractivity contribution < 1.29 is 18.6 Å². The van der Waals surface area contributed by atoms with Gasteiger partial charge in [-0.25, -0.2) is 0 Å². The second-order valence-corrected chi connectivity index (χ2v) is 3.68. The zero-order valence-electron chi connectivity index (χ0n) is 8.12. The minimum atomic E-state index is -2.79. The van der Waals surface area contributed by atoms with Crippen molar-refractivity contribution in [2.75, 3.05) is 0 Å². The molecule has 0 unspecified atom stereocenters. The number of hydrogen-bond donors (Lipinski definition) is 1. The van der Waals surface area contributed by atoms with Gasteiger partial charge in [-0.1, -0.05) is 6.07 Å². The third kappa shape index (κ3) is 2.45. The second-order valence-electron chi connectivity index (χ2n) is 3.68. The van der Waals surface area contributed by atoms with Crippen molar-refractivity contribution in [2.24, 2.45) is 0 Å². The zero-order chi connectivity index (χ0) is 10.8. The first-order valence-electron chi connectivity index (χ1n) is 4.89. The minimum Gasteiger partial charge on any atom is -0.435 e. The van der Waals surface area contributed by atoms with Crippen molar-refractivity contribution in [3.63, 3.8) is 0 Å². The molecular weight excluding hydrogens is 202 g/mol. The number of aliphatic hydroxyl groups is 1. The Morgan fingerprint density at radius 2 is 2.13 bits per heavy atom. The standard InChI is InChI=1S/C11H12F2O2/c12-11(13)15-10-4-1-7(6-14)5-9(10)8-2-3-8/h1,4-5,8,11,14H,2-3,6H2. The van der Waals surface area contributed by atoms with Crippen molar-refractivity contribution in [2.45, 2.75) is 32.0 Å². The Morgan fingerprint density at radius 1 is 1.40 bits per heavy atom. The molecule has 0 amide bonds. The highest BCUT2D eigenvalue weighted by atomic mass is 19.3. The summed E-state index contributed by atoms with van der Waals surface area (Å²) in [6.45, 7) is -2.86. The first-order valence-corrected chi connectivity index (χ1v) is 4.89. The van der Waals surface area contributed by atoms with Crippen LogP contribution in [0, 0.1) is 0 Å². The summed E-state index contributed by atoms with van der Waals surface area (Å²) in [6.07, 6.45) is 2.02. The van der Waals surface area contributed by atoms with Crippen molar-refractivity contribution in [1.29, 1.82) is 0 Å². The van der Waals surface area contributed by atoms with Crippen LogP contribution in [0.25, 0.3) is 0 Å². The Hall–Kier alpha value is -1.16. The quantitative estimate of drug-likeness (QED) is 0.834. The highest BCUT2D eigenvalue weighted by Gasteiger charge is 2.27. The molecule has 1 aliphatic rings. The molecule has 0 aromatic heterocycles. The van der Waals surface area contributed by atoms with Crippen LogP contribution in [0.5, 0.6) is 5.75 Å². The van der Waals surface area contributed by atoms with E-state index in [0.717, 1.165) is 24.0 Å². The lowest BCUT2D eigenvalue weighted by molar-refractivity contribution is -0.0504. The molecule has 0 aliphatic heterocycles. The van der Waals surface area contributed by atoms with E-state index in [2.05, 4.69) is 4.74 Å². The first kappa shape index (κ1) is 10.4. The number of rotatable bonds is 4. The molecule has 0 radical (unpaired) electrons. The first-order chi connectivity index (χ1) is 7.20. The third-order valence-electron chi connectivity index (χ3n) is 2.49. The third-order valence-corrected chi connectivity index (χ3v) is 2.49.